The van der Waals surface area contributed by atoms with Gasteiger partial charge in [-0.05, 0) is 53.1 Å². The van der Waals surface area contributed by atoms with Crippen LogP contribution in [0.3, 0.4) is 0 Å². The van der Waals surface area contributed by atoms with E-state index in [-0.39, 0.29) is 30.6 Å². The molecule has 3 aromatic rings. The lowest BCUT2D eigenvalue weighted by molar-refractivity contribution is -0.140. The van der Waals surface area contributed by atoms with E-state index in [1.165, 1.54) is 24.3 Å². The molecule has 0 N–H and O–H groups in total. The highest BCUT2D eigenvalue weighted by Crippen LogP contribution is 2.47. The van der Waals surface area contributed by atoms with E-state index >= 15 is 0 Å². The Labute approximate surface area is 249 Å². The average molecular weight is 644 g/mol. The van der Waals surface area contributed by atoms with Gasteiger partial charge in [0.25, 0.3) is 0 Å². The smallest absolute Gasteiger partial charge is 0.447 e. The lowest BCUT2D eigenvalue weighted by Crippen LogP contribution is -2.43. The van der Waals surface area contributed by atoms with Crippen LogP contribution >= 0.6 is 0 Å². The van der Waals surface area contributed by atoms with Gasteiger partial charge in [0, 0.05) is 0 Å². The molecule has 4 rings (SSSR count). The Kier molecular flexibility index (Phi) is 9.33. The fraction of sp³-hybridized carbons (Fsp3) is 0.333. The second-order valence-corrected chi connectivity index (χ2v) is 12.1. The lowest BCUT2D eigenvalue weighted by atomic mass is 9.83. The van der Waals surface area contributed by atoms with E-state index < -0.39 is 68.6 Å². The quantitative estimate of drug-likeness (QED) is 0.138. The van der Waals surface area contributed by atoms with Gasteiger partial charge in [-0.25, -0.2) is 9.69 Å². The van der Waals surface area contributed by atoms with E-state index in [9.17, 15) is 44.3 Å². The largest absolute Gasteiger partial charge is 0.534 e. The van der Waals surface area contributed by atoms with E-state index in [1.807, 2.05) is 0 Å². The van der Waals surface area contributed by atoms with Crippen LogP contribution in [0.1, 0.15) is 42.9 Å². The summed E-state index contributed by atoms with van der Waals surface area (Å²) in [5.41, 5.74) is -8.00. The zero-order chi connectivity index (χ0) is 32.4. The molecule has 1 fully saturated rings. The van der Waals surface area contributed by atoms with Gasteiger partial charge in [-0.3, -0.25) is 4.79 Å². The number of halogens is 6. The number of benzene rings is 3. The van der Waals surface area contributed by atoms with Crippen LogP contribution in [0, 0.1) is 5.92 Å². The normalized spacial score (nSPS) is 16.6. The van der Waals surface area contributed by atoms with Crippen molar-refractivity contribution in [3.63, 3.8) is 0 Å². The highest BCUT2D eigenvalue weighted by atomic mass is 32.2. The standard InChI is InChI=1S/C30H27F6NO6S/c1-18(2)13-24(27(38)37-22(17-42-28(37)39)14-19-9-5-3-6-10-19)23-15-21(20-11-7-4-8-12-20)16-25(26(23)29(31,32)33)43-44(40,41)30(34,35)36/h3-12,15-16,18,22,24H,13-14,17H2,1-2H3. The highest BCUT2D eigenvalue weighted by molar-refractivity contribution is 7.88. The maximum atomic E-state index is 14.7. The van der Waals surface area contributed by atoms with Crippen molar-refractivity contribution in [2.75, 3.05) is 6.61 Å². The number of cyclic esters (lactones) is 1. The molecule has 2 atom stereocenters. The van der Waals surface area contributed by atoms with Crippen LogP contribution in [-0.4, -0.2) is 43.5 Å². The summed E-state index contributed by atoms with van der Waals surface area (Å²) < 4.78 is 117. The Morgan fingerprint density at radius 3 is 2.09 bits per heavy atom. The third kappa shape index (κ3) is 7.17. The third-order valence-corrected chi connectivity index (χ3v) is 7.87. The van der Waals surface area contributed by atoms with Crippen molar-refractivity contribution < 1.29 is 53.3 Å². The molecule has 2 amide bonds. The first kappa shape index (κ1) is 32.8. The predicted molar refractivity (Wildman–Crippen MR) is 147 cm³/mol. The number of hydrogen-bond acceptors (Lipinski definition) is 6. The summed E-state index contributed by atoms with van der Waals surface area (Å²) in [5, 5.41) is 0. The molecule has 0 saturated carbocycles. The minimum atomic E-state index is -6.56. The van der Waals surface area contributed by atoms with Gasteiger partial charge in [-0.1, -0.05) is 74.5 Å². The molecule has 0 bridgehead atoms. The van der Waals surface area contributed by atoms with Crippen LogP contribution in [0.15, 0.2) is 72.8 Å². The molecule has 1 saturated heterocycles. The SMILES string of the molecule is CC(C)CC(C(=O)N1C(=O)OCC1Cc1ccccc1)c1cc(-c2ccccc2)cc(OS(=O)(=O)C(F)(F)F)c1C(F)(F)F. The first-order valence-corrected chi connectivity index (χ1v) is 14.8. The minimum Gasteiger partial charge on any atom is -0.447 e. The zero-order valence-electron chi connectivity index (χ0n) is 23.4. The summed E-state index contributed by atoms with van der Waals surface area (Å²) >= 11 is 0. The van der Waals surface area contributed by atoms with Gasteiger partial charge in [-0.15, -0.1) is 0 Å². The molecular weight excluding hydrogens is 616 g/mol. The molecule has 236 valence electrons. The fourth-order valence-electron chi connectivity index (χ4n) is 5.01. The van der Waals surface area contributed by atoms with Crippen molar-refractivity contribution in [2.24, 2.45) is 5.92 Å². The van der Waals surface area contributed by atoms with Gasteiger partial charge < -0.3 is 8.92 Å². The Morgan fingerprint density at radius 1 is 0.955 bits per heavy atom. The molecular formula is C30H27F6NO6S. The first-order chi connectivity index (χ1) is 20.5. The van der Waals surface area contributed by atoms with Crippen LogP contribution in [0.25, 0.3) is 11.1 Å². The van der Waals surface area contributed by atoms with Gasteiger partial charge in [-0.2, -0.15) is 34.8 Å². The molecule has 44 heavy (non-hydrogen) atoms. The maximum absolute atomic E-state index is 14.7. The van der Waals surface area contributed by atoms with Crippen LogP contribution < -0.4 is 4.18 Å². The van der Waals surface area contributed by atoms with Gasteiger partial charge in [0.15, 0.2) is 5.75 Å². The van der Waals surface area contributed by atoms with Crippen LogP contribution in [0.4, 0.5) is 31.1 Å². The van der Waals surface area contributed by atoms with E-state index in [4.69, 9.17) is 4.74 Å². The van der Waals surface area contributed by atoms with Crippen LogP contribution in [0.2, 0.25) is 0 Å². The number of imide groups is 1. The molecule has 1 aliphatic heterocycles. The number of amides is 2. The number of carbonyl (C=O) groups is 2. The van der Waals surface area contributed by atoms with E-state index in [0.717, 1.165) is 11.0 Å². The second kappa shape index (κ2) is 12.5. The highest BCUT2D eigenvalue weighted by Gasteiger charge is 2.51. The van der Waals surface area contributed by atoms with Gasteiger partial charge in [0.05, 0.1) is 12.0 Å². The maximum Gasteiger partial charge on any atom is 0.534 e. The van der Waals surface area contributed by atoms with Crippen molar-refractivity contribution in [1.82, 2.24) is 4.90 Å². The molecule has 1 aliphatic rings. The lowest BCUT2D eigenvalue weighted by Gasteiger charge is -2.29. The molecule has 14 heteroatoms. The molecule has 3 aromatic carbocycles. The second-order valence-electron chi connectivity index (χ2n) is 10.6. The molecule has 2 unspecified atom stereocenters. The summed E-state index contributed by atoms with van der Waals surface area (Å²) in [4.78, 5) is 27.6. The number of ether oxygens (including phenoxy) is 1. The van der Waals surface area contributed by atoms with Crippen molar-refractivity contribution >= 4 is 22.1 Å². The topological polar surface area (TPSA) is 90.0 Å². The summed E-state index contributed by atoms with van der Waals surface area (Å²) in [5.74, 6) is -4.95. The number of alkyl halides is 6. The van der Waals surface area contributed by atoms with E-state index in [0.29, 0.717) is 11.6 Å². The van der Waals surface area contributed by atoms with Gasteiger partial charge in [0.1, 0.15) is 12.2 Å². The number of nitrogens with zero attached hydrogens (tertiary/aromatic N) is 1. The fourth-order valence-corrected chi connectivity index (χ4v) is 5.47. The predicted octanol–water partition coefficient (Wildman–Crippen LogP) is 7.32. The molecule has 1 heterocycles. The van der Waals surface area contributed by atoms with E-state index in [2.05, 4.69) is 4.18 Å². The Balaban J connectivity index is 1.94. The zero-order valence-corrected chi connectivity index (χ0v) is 24.2. The summed E-state index contributed by atoms with van der Waals surface area (Å²) in [6.07, 6.45) is -6.73. The minimum absolute atomic E-state index is 0.126. The summed E-state index contributed by atoms with van der Waals surface area (Å²) in [6, 6.07) is 16.7. The Morgan fingerprint density at radius 2 is 1.55 bits per heavy atom. The average Bonchev–Trinajstić information content (AvgIpc) is 3.29. The van der Waals surface area contributed by atoms with Crippen molar-refractivity contribution in [2.45, 2.75) is 50.3 Å². The number of rotatable bonds is 9. The van der Waals surface area contributed by atoms with Gasteiger partial charge in [0.2, 0.25) is 5.91 Å². The van der Waals surface area contributed by atoms with Crippen LogP contribution in [-0.2, 0) is 32.2 Å². The summed E-state index contributed by atoms with van der Waals surface area (Å²) in [7, 11) is -6.56. The molecule has 0 aliphatic carbocycles. The van der Waals surface area contributed by atoms with E-state index in [1.54, 1.807) is 50.2 Å². The summed E-state index contributed by atoms with van der Waals surface area (Å²) in [6.45, 7) is 2.97. The molecule has 0 aromatic heterocycles. The molecule has 0 radical (unpaired) electrons. The monoisotopic (exact) mass is 643 g/mol. The Hall–Kier alpha value is -4.07. The Bertz CT molecular complexity index is 1610. The number of carbonyl (C=O) groups excluding carboxylic acids is 2. The third-order valence-electron chi connectivity index (χ3n) is 6.90. The van der Waals surface area contributed by atoms with Gasteiger partial charge >= 0.3 is 27.9 Å². The molecule has 0 spiro atoms. The first-order valence-electron chi connectivity index (χ1n) is 13.3. The van der Waals surface area contributed by atoms with Crippen molar-refractivity contribution in [3.05, 3.63) is 89.5 Å². The molecule has 7 nitrogen and oxygen atoms in total. The van der Waals surface area contributed by atoms with Crippen molar-refractivity contribution in [3.8, 4) is 16.9 Å². The van der Waals surface area contributed by atoms with Crippen molar-refractivity contribution in [1.29, 1.82) is 0 Å². The van der Waals surface area contributed by atoms with Crippen LogP contribution in [0.5, 0.6) is 5.75 Å². The number of hydrogen-bond donors (Lipinski definition) is 0.